The first kappa shape index (κ1) is 14.5. The fourth-order valence-electron chi connectivity index (χ4n) is 2.65. The average Bonchev–Trinajstić information content (AvgIpc) is 3.10. The van der Waals surface area contributed by atoms with Crippen LogP contribution >= 0.6 is 0 Å². The molecule has 0 aliphatic carbocycles. The lowest BCUT2D eigenvalue weighted by atomic mass is 10.1. The van der Waals surface area contributed by atoms with Crippen molar-refractivity contribution in [1.29, 1.82) is 0 Å². The Morgan fingerprint density at radius 2 is 2.09 bits per heavy atom. The number of methoxy groups -OCH3 is 1. The molecule has 1 aromatic carbocycles. The molecule has 22 heavy (non-hydrogen) atoms. The highest BCUT2D eigenvalue weighted by Gasteiger charge is 2.31. The fraction of sp³-hybridized carbons (Fsp3) is 0.294. The molecule has 2 heterocycles. The van der Waals surface area contributed by atoms with E-state index >= 15 is 0 Å². The molecule has 0 bridgehead atoms. The molecular formula is C17H18N2O3. The van der Waals surface area contributed by atoms with E-state index < -0.39 is 0 Å². The summed E-state index contributed by atoms with van der Waals surface area (Å²) in [6.07, 6.45) is 2.43. The third-order valence-corrected chi connectivity index (χ3v) is 3.72. The molecule has 5 heteroatoms. The van der Waals surface area contributed by atoms with Gasteiger partial charge in [0, 0.05) is 18.5 Å². The van der Waals surface area contributed by atoms with Gasteiger partial charge in [0.2, 0.25) is 5.88 Å². The first-order valence-electron chi connectivity index (χ1n) is 7.26. The summed E-state index contributed by atoms with van der Waals surface area (Å²) >= 11 is 0. The Balaban J connectivity index is 2.00. The smallest absolute Gasteiger partial charge is 0.264 e. The van der Waals surface area contributed by atoms with E-state index in [1.54, 1.807) is 23.2 Å². The van der Waals surface area contributed by atoms with Gasteiger partial charge in [0.05, 0.1) is 19.8 Å². The highest BCUT2D eigenvalue weighted by molar-refractivity contribution is 6.08. The van der Waals surface area contributed by atoms with Gasteiger partial charge >= 0.3 is 0 Å². The lowest BCUT2D eigenvalue weighted by Crippen LogP contribution is -2.41. The predicted molar refractivity (Wildman–Crippen MR) is 83.3 cm³/mol. The van der Waals surface area contributed by atoms with Gasteiger partial charge in [-0.1, -0.05) is 18.2 Å². The highest BCUT2D eigenvalue weighted by atomic mass is 16.5. The lowest BCUT2D eigenvalue weighted by molar-refractivity contribution is 0.0968. The Bertz CT molecular complexity index is 639. The molecule has 0 radical (unpaired) electrons. The molecule has 0 spiro atoms. The van der Waals surface area contributed by atoms with Crippen LogP contribution in [0.1, 0.15) is 16.8 Å². The van der Waals surface area contributed by atoms with E-state index in [1.807, 2.05) is 30.3 Å². The van der Waals surface area contributed by atoms with Crippen molar-refractivity contribution in [1.82, 2.24) is 4.98 Å². The zero-order valence-corrected chi connectivity index (χ0v) is 12.4. The van der Waals surface area contributed by atoms with Crippen LogP contribution in [-0.4, -0.2) is 37.3 Å². The Labute approximate surface area is 129 Å². The molecule has 1 aromatic heterocycles. The van der Waals surface area contributed by atoms with Crippen LogP contribution in [0.5, 0.6) is 5.88 Å². The molecule has 1 saturated heterocycles. The van der Waals surface area contributed by atoms with E-state index in [2.05, 4.69) is 4.98 Å². The number of carbonyl (C=O) groups excluding carboxylic acids is 1. The van der Waals surface area contributed by atoms with E-state index in [-0.39, 0.29) is 11.9 Å². The van der Waals surface area contributed by atoms with E-state index in [9.17, 15) is 4.79 Å². The molecule has 1 aliphatic heterocycles. The summed E-state index contributed by atoms with van der Waals surface area (Å²) in [6.45, 7) is 1.22. The van der Waals surface area contributed by atoms with Gasteiger partial charge in [0.15, 0.2) is 0 Å². The Morgan fingerprint density at radius 3 is 2.77 bits per heavy atom. The Kier molecular flexibility index (Phi) is 4.34. The quantitative estimate of drug-likeness (QED) is 0.870. The van der Waals surface area contributed by atoms with Gasteiger partial charge in [-0.2, -0.15) is 0 Å². The molecule has 3 rings (SSSR count). The largest absolute Gasteiger partial charge is 0.480 e. The zero-order valence-electron chi connectivity index (χ0n) is 12.4. The van der Waals surface area contributed by atoms with E-state index in [0.29, 0.717) is 24.7 Å². The number of aromatic nitrogens is 1. The SMILES string of the molecule is COc1ncccc1C(=O)N(c1ccccc1)C1CCOC1. The van der Waals surface area contributed by atoms with Gasteiger partial charge in [-0.05, 0) is 30.7 Å². The van der Waals surface area contributed by atoms with Crippen LogP contribution in [-0.2, 0) is 4.74 Å². The normalized spacial score (nSPS) is 17.2. The molecule has 0 saturated carbocycles. The summed E-state index contributed by atoms with van der Waals surface area (Å²) < 4.78 is 10.7. The topological polar surface area (TPSA) is 51.7 Å². The second kappa shape index (κ2) is 6.58. The monoisotopic (exact) mass is 298 g/mol. The summed E-state index contributed by atoms with van der Waals surface area (Å²) in [5, 5.41) is 0. The van der Waals surface area contributed by atoms with Gasteiger partial charge in [0.25, 0.3) is 5.91 Å². The maximum Gasteiger partial charge on any atom is 0.264 e. The van der Waals surface area contributed by atoms with Crippen molar-refractivity contribution < 1.29 is 14.3 Å². The molecule has 114 valence electrons. The molecule has 1 atom stereocenters. The summed E-state index contributed by atoms with van der Waals surface area (Å²) in [6, 6.07) is 13.1. The Hall–Kier alpha value is -2.40. The first-order chi connectivity index (χ1) is 10.8. The summed E-state index contributed by atoms with van der Waals surface area (Å²) in [4.78, 5) is 19.0. The van der Waals surface area contributed by atoms with E-state index in [1.165, 1.54) is 7.11 Å². The van der Waals surface area contributed by atoms with Crippen molar-refractivity contribution in [3.63, 3.8) is 0 Å². The number of para-hydroxylation sites is 1. The number of hydrogen-bond acceptors (Lipinski definition) is 4. The van der Waals surface area contributed by atoms with Crippen LogP contribution in [0.3, 0.4) is 0 Å². The van der Waals surface area contributed by atoms with Crippen molar-refractivity contribution in [2.75, 3.05) is 25.2 Å². The van der Waals surface area contributed by atoms with Crippen molar-refractivity contribution in [3.05, 3.63) is 54.2 Å². The van der Waals surface area contributed by atoms with Crippen LogP contribution in [0.25, 0.3) is 0 Å². The predicted octanol–water partition coefficient (Wildman–Crippen LogP) is 2.53. The summed E-state index contributed by atoms with van der Waals surface area (Å²) in [7, 11) is 1.52. The maximum absolute atomic E-state index is 13.1. The van der Waals surface area contributed by atoms with Crippen molar-refractivity contribution in [2.45, 2.75) is 12.5 Å². The van der Waals surface area contributed by atoms with Crippen LogP contribution in [0.15, 0.2) is 48.7 Å². The van der Waals surface area contributed by atoms with Crippen molar-refractivity contribution >= 4 is 11.6 Å². The number of rotatable bonds is 4. The number of hydrogen-bond donors (Lipinski definition) is 0. The van der Waals surface area contributed by atoms with Crippen LogP contribution in [0.2, 0.25) is 0 Å². The van der Waals surface area contributed by atoms with Gasteiger partial charge in [-0.15, -0.1) is 0 Å². The lowest BCUT2D eigenvalue weighted by Gasteiger charge is -2.28. The third-order valence-electron chi connectivity index (χ3n) is 3.72. The Morgan fingerprint density at radius 1 is 1.27 bits per heavy atom. The molecule has 5 nitrogen and oxygen atoms in total. The van der Waals surface area contributed by atoms with Gasteiger partial charge < -0.3 is 14.4 Å². The maximum atomic E-state index is 13.1. The number of carbonyl (C=O) groups is 1. The zero-order chi connectivity index (χ0) is 15.4. The number of nitrogens with zero attached hydrogens (tertiary/aromatic N) is 2. The molecule has 1 amide bonds. The minimum atomic E-state index is -0.119. The molecule has 1 unspecified atom stereocenters. The third kappa shape index (κ3) is 2.80. The molecule has 1 fully saturated rings. The number of amides is 1. The van der Waals surface area contributed by atoms with Gasteiger partial charge in [0.1, 0.15) is 5.56 Å². The van der Waals surface area contributed by atoms with E-state index in [4.69, 9.17) is 9.47 Å². The van der Waals surface area contributed by atoms with Gasteiger partial charge in [-0.25, -0.2) is 4.98 Å². The second-order valence-electron chi connectivity index (χ2n) is 5.09. The molecule has 1 aliphatic rings. The van der Waals surface area contributed by atoms with Crippen LogP contribution in [0, 0.1) is 0 Å². The summed E-state index contributed by atoms with van der Waals surface area (Å²) in [5.41, 5.74) is 1.31. The minimum absolute atomic E-state index is 0.0276. The number of ether oxygens (including phenoxy) is 2. The molecule has 2 aromatic rings. The highest BCUT2D eigenvalue weighted by Crippen LogP contribution is 2.26. The second-order valence-corrected chi connectivity index (χ2v) is 5.09. The minimum Gasteiger partial charge on any atom is -0.480 e. The number of pyridine rings is 1. The van der Waals surface area contributed by atoms with Crippen LogP contribution in [0.4, 0.5) is 5.69 Å². The van der Waals surface area contributed by atoms with Crippen molar-refractivity contribution in [3.8, 4) is 5.88 Å². The summed E-state index contributed by atoms with van der Waals surface area (Å²) in [5.74, 6) is 0.221. The van der Waals surface area contributed by atoms with Crippen LogP contribution < -0.4 is 9.64 Å². The first-order valence-corrected chi connectivity index (χ1v) is 7.26. The number of anilines is 1. The fourth-order valence-corrected chi connectivity index (χ4v) is 2.65. The number of benzene rings is 1. The molecular weight excluding hydrogens is 280 g/mol. The van der Waals surface area contributed by atoms with Crippen molar-refractivity contribution in [2.24, 2.45) is 0 Å². The molecule has 0 N–H and O–H groups in total. The van der Waals surface area contributed by atoms with E-state index in [0.717, 1.165) is 12.1 Å². The van der Waals surface area contributed by atoms with Gasteiger partial charge in [-0.3, -0.25) is 4.79 Å². The standard InChI is InChI=1S/C17H18N2O3/c1-21-16-15(8-5-10-18-16)17(20)19(14-9-11-22-12-14)13-6-3-2-4-7-13/h2-8,10,14H,9,11-12H2,1H3. The average molecular weight is 298 g/mol.